The molecule has 0 aliphatic heterocycles. The van der Waals surface area contributed by atoms with Crippen LogP contribution in [0.1, 0.15) is 64.5 Å². The van der Waals surface area contributed by atoms with Crippen molar-refractivity contribution in [3.05, 3.63) is 41.5 Å². The molecular formula is C23H34N2O6. The number of aliphatic carboxylic acids is 1. The average Bonchev–Trinajstić information content (AvgIpc) is 2.65. The molecule has 1 rings (SSSR count). The Bertz CT molecular complexity index is 752. The molecule has 1 aromatic rings. The summed E-state index contributed by atoms with van der Waals surface area (Å²) in [6.07, 6.45) is 3.81. The number of carbonyl (C=O) groups excluding carboxylic acids is 2. The van der Waals surface area contributed by atoms with E-state index in [0.717, 1.165) is 11.1 Å². The standard InChI is InChI=1S/C23H34N2O6/c1-16(19(13-14-20(24)26)25-22(29)31-23(2,3)4)30-15-18-11-9-17(10-12-18)7-5-6-8-21(27)28/h5,7,9-12,16,19H,6,8,13-15H2,1-4H3,(H2,24,26)(H,25,29)(H,27,28)/b7-5+. The number of rotatable bonds is 12. The third-order valence-corrected chi connectivity index (χ3v) is 4.30. The number of allylic oxidation sites excluding steroid dienone is 1. The van der Waals surface area contributed by atoms with Gasteiger partial charge >= 0.3 is 12.1 Å². The molecule has 0 aliphatic rings. The summed E-state index contributed by atoms with van der Waals surface area (Å²) in [7, 11) is 0. The summed E-state index contributed by atoms with van der Waals surface area (Å²) < 4.78 is 11.2. The molecule has 8 nitrogen and oxygen atoms in total. The molecule has 31 heavy (non-hydrogen) atoms. The van der Waals surface area contributed by atoms with E-state index in [-0.39, 0.29) is 18.9 Å². The number of nitrogens with one attached hydrogen (secondary N) is 1. The minimum absolute atomic E-state index is 0.106. The summed E-state index contributed by atoms with van der Waals surface area (Å²) >= 11 is 0. The second kappa shape index (κ2) is 12.7. The fourth-order valence-corrected chi connectivity index (χ4v) is 2.68. The third-order valence-electron chi connectivity index (χ3n) is 4.30. The van der Waals surface area contributed by atoms with E-state index in [1.165, 1.54) is 0 Å². The summed E-state index contributed by atoms with van der Waals surface area (Å²) in [4.78, 5) is 33.8. The summed E-state index contributed by atoms with van der Waals surface area (Å²) in [6, 6.07) is 7.25. The third kappa shape index (κ3) is 12.4. The molecule has 0 spiro atoms. The van der Waals surface area contributed by atoms with Crippen molar-refractivity contribution in [1.29, 1.82) is 0 Å². The molecule has 0 saturated carbocycles. The zero-order valence-corrected chi connectivity index (χ0v) is 18.7. The molecule has 0 bridgehead atoms. The predicted molar refractivity (Wildman–Crippen MR) is 118 cm³/mol. The van der Waals surface area contributed by atoms with Crippen molar-refractivity contribution >= 4 is 24.0 Å². The van der Waals surface area contributed by atoms with E-state index in [1.54, 1.807) is 20.8 Å². The van der Waals surface area contributed by atoms with Crippen LogP contribution in [-0.4, -0.2) is 40.8 Å². The molecule has 0 heterocycles. The van der Waals surface area contributed by atoms with Gasteiger partial charge in [-0.15, -0.1) is 0 Å². The topological polar surface area (TPSA) is 128 Å². The first-order chi connectivity index (χ1) is 14.5. The SMILES string of the molecule is CC(OCc1ccc(/C=C/CCC(=O)O)cc1)C(CCC(N)=O)NC(=O)OC(C)(C)C. The van der Waals surface area contributed by atoms with E-state index in [2.05, 4.69) is 5.32 Å². The van der Waals surface area contributed by atoms with Crippen LogP contribution in [0.4, 0.5) is 4.79 Å². The van der Waals surface area contributed by atoms with Crippen molar-refractivity contribution in [2.45, 2.75) is 77.7 Å². The van der Waals surface area contributed by atoms with Crippen LogP contribution in [0, 0.1) is 0 Å². The van der Waals surface area contributed by atoms with Crippen LogP contribution in [0.15, 0.2) is 30.3 Å². The van der Waals surface area contributed by atoms with Crippen molar-refractivity contribution in [3.63, 3.8) is 0 Å². The van der Waals surface area contributed by atoms with Gasteiger partial charge in [0.15, 0.2) is 0 Å². The molecule has 0 saturated heterocycles. The number of benzene rings is 1. The molecule has 2 amide bonds. The molecule has 8 heteroatoms. The van der Waals surface area contributed by atoms with E-state index in [4.69, 9.17) is 20.3 Å². The van der Waals surface area contributed by atoms with E-state index in [9.17, 15) is 14.4 Å². The number of ether oxygens (including phenoxy) is 2. The second-order valence-electron chi connectivity index (χ2n) is 8.35. The fourth-order valence-electron chi connectivity index (χ4n) is 2.68. The maximum atomic E-state index is 12.1. The number of hydrogen-bond acceptors (Lipinski definition) is 5. The highest BCUT2D eigenvalue weighted by molar-refractivity contribution is 5.74. The predicted octanol–water partition coefficient (Wildman–Crippen LogP) is 3.63. The number of carbonyl (C=O) groups is 3. The van der Waals surface area contributed by atoms with Gasteiger partial charge in [0.25, 0.3) is 0 Å². The van der Waals surface area contributed by atoms with Crippen LogP contribution in [0.25, 0.3) is 6.08 Å². The number of nitrogens with two attached hydrogens (primary N) is 1. The van der Waals surface area contributed by atoms with E-state index >= 15 is 0 Å². The molecule has 4 N–H and O–H groups in total. The van der Waals surface area contributed by atoms with Crippen molar-refractivity contribution in [1.82, 2.24) is 5.32 Å². The maximum absolute atomic E-state index is 12.1. The lowest BCUT2D eigenvalue weighted by atomic mass is 10.1. The molecule has 0 fully saturated rings. The summed E-state index contributed by atoms with van der Waals surface area (Å²) in [5.74, 6) is -1.27. The largest absolute Gasteiger partial charge is 0.481 e. The zero-order valence-electron chi connectivity index (χ0n) is 18.7. The number of amides is 2. The van der Waals surface area contributed by atoms with Crippen LogP contribution < -0.4 is 11.1 Å². The van der Waals surface area contributed by atoms with Gasteiger partial charge in [-0.3, -0.25) is 9.59 Å². The van der Waals surface area contributed by atoms with Gasteiger partial charge in [0.2, 0.25) is 5.91 Å². The van der Waals surface area contributed by atoms with Crippen molar-refractivity contribution in [2.75, 3.05) is 0 Å². The van der Waals surface area contributed by atoms with Gasteiger partial charge in [-0.25, -0.2) is 4.79 Å². The van der Waals surface area contributed by atoms with Crippen molar-refractivity contribution in [2.24, 2.45) is 5.73 Å². The van der Waals surface area contributed by atoms with Gasteiger partial charge in [-0.2, -0.15) is 0 Å². The minimum Gasteiger partial charge on any atom is -0.481 e. The lowest BCUT2D eigenvalue weighted by Gasteiger charge is -2.27. The molecule has 172 valence electrons. The Labute approximate surface area is 183 Å². The van der Waals surface area contributed by atoms with Gasteiger partial charge < -0.3 is 25.6 Å². The quantitative estimate of drug-likeness (QED) is 0.461. The molecule has 2 atom stereocenters. The first-order valence-electron chi connectivity index (χ1n) is 10.3. The molecule has 2 unspecified atom stereocenters. The summed E-state index contributed by atoms with van der Waals surface area (Å²) in [5.41, 5.74) is 6.53. The number of carboxylic acids is 1. The first kappa shape index (κ1) is 26.2. The Morgan fingerprint density at radius 3 is 2.35 bits per heavy atom. The second-order valence-corrected chi connectivity index (χ2v) is 8.35. The number of alkyl carbamates (subject to hydrolysis) is 1. The van der Waals surface area contributed by atoms with Gasteiger partial charge in [-0.1, -0.05) is 36.4 Å². The number of hydrogen-bond donors (Lipinski definition) is 3. The monoisotopic (exact) mass is 434 g/mol. The highest BCUT2D eigenvalue weighted by Crippen LogP contribution is 2.14. The molecule has 1 aromatic carbocycles. The maximum Gasteiger partial charge on any atom is 0.407 e. The van der Waals surface area contributed by atoms with Crippen LogP contribution in [0.3, 0.4) is 0 Å². The lowest BCUT2D eigenvalue weighted by Crippen LogP contribution is -2.45. The molecule has 0 aromatic heterocycles. The van der Waals surface area contributed by atoms with E-state index in [0.29, 0.717) is 19.4 Å². The van der Waals surface area contributed by atoms with Gasteiger partial charge in [0.1, 0.15) is 5.60 Å². The Hall–Kier alpha value is -2.87. The molecular weight excluding hydrogens is 400 g/mol. The zero-order chi connectivity index (χ0) is 23.4. The number of primary amides is 1. The molecule has 0 aliphatic carbocycles. The van der Waals surface area contributed by atoms with Crippen molar-refractivity contribution in [3.8, 4) is 0 Å². The van der Waals surface area contributed by atoms with Crippen molar-refractivity contribution < 1.29 is 29.0 Å². The minimum atomic E-state index is -0.818. The van der Waals surface area contributed by atoms with E-state index in [1.807, 2.05) is 43.3 Å². The Morgan fingerprint density at radius 2 is 1.81 bits per heavy atom. The van der Waals surface area contributed by atoms with Gasteiger partial charge in [-0.05, 0) is 51.7 Å². The van der Waals surface area contributed by atoms with Gasteiger partial charge in [0.05, 0.1) is 18.8 Å². The fraction of sp³-hybridized carbons (Fsp3) is 0.522. The van der Waals surface area contributed by atoms with Crippen LogP contribution in [-0.2, 0) is 25.7 Å². The Kier molecular flexibility index (Phi) is 10.8. The summed E-state index contributed by atoms with van der Waals surface area (Å²) in [5, 5.41) is 11.4. The first-order valence-corrected chi connectivity index (χ1v) is 10.3. The average molecular weight is 435 g/mol. The Balaban J connectivity index is 2.62. The highest BCUT2D eigenvalue weighted by atomic mass is 16.6. The van der Waals surface area contributed by atoms with Crippen LogP contribution >= 0.6 is 0 Å². The van der Waals surface area contributed by atoms with Gasteiger partial charge in [0, 0.05) is 12.8 Å². The number of carboxylic acid groups (broad SMARTS) is 1. The smallest absolute Gasteiger partial charge is 0.407 e. The van der Waals surface area contributed by atoms with Crippen LogP contribution in [0.5, 0.6) is 0 Å². The summed E-state index contributed by atoms with van der Waals surface area (Å²) in [6.45, 7) is 7.47. The van der Waals surface area contributed by atoms with Crippen LogP contribution in [0.2, 0.25) is 0 Å². The lowest BCUT2D eigenvalue weighted by molar-refractivity contribution is -0.136. The van der Waals surface area contributed by atoms with E-state index < -0.39 is 29.6 Å². The Morgan fingerprint density at radius 1 is 1.16 bits per heavy atom. The molecule has 0 radical (unpaired) electrons. The highest BCUT2D eigenvalue weighted by Gasteiger charge is 2.24. The normalized spacial score (nSPS) is 13.5.